The molecule has 0 amide bonds. The Hall–Kier alpha value is -1.06. The third kappa shape index (κ3) is 4.75. The van der Waals surface area contributed by atoms with Crippen molar-refractivity contribution < 1.29 is 9.53 Å². The first-order valence-electron chi connectivity index (χ1n) is 5.62. The van der Waals surface area contributed by atoms with Gasteiger partial charge >= 0.3 is 0 Å². The predicted molar refractivity (Wildman–Crippen MR) is 69.7 cm³/mol. The van der Waals surface area contributed by atoms with Crippen molar-refractivity contribution in [1.29, 1.82) is 0 Å². The van der Waals surface area contributed by atoms with E-state index in [0.29, 0.717) is 23.7 Å². The van der Waals surface area contributed by atoms with E-state index in [1.807, 2.05) is 25.9 Å². The minimum absolute atomic E-state index is 0.105. The van der Waals surface area contributed by atoms with Crippen LogP contribution in [0.25, 0.3) is 0 Å². The summed E-state index contributed by atoms with van der Waals surface area (Å²) in [6.45, 7) is 2.42. The first-order valence-corrected chi connectivity index (χ1v) is 6.00. The standard InChI is InChI=1S/C13H18ClNO2/c1-4-12(16)13(9-15(2)3)17-11-7-5-10(14)6-8-11/h5-8,13H,4,9H2,1-3H3. The van der Waals surface area contributed by atoms with Gasteiger partial charge in [-0.25, -0.2) is 0 Å². The normalized spacial score (nSPS) is 12.5. The van der Waals surface area contributed by atoms with Crippen molar-refractivity contribution in [3.63, 3.8) is 0 Å². The van der Waals surface area contributed by atoms with E-state index in [1.54, 1.807) is 24.3 Å². The monoisotopic (exact) mass is 255 g/mol. The summed E-state index contributed by atoms with van der Waals surface area (Å²) in [5, 5.41) is 0.656. The van der Waals surface area contributed by atoms with Gasteiger partial charge in [-0.1, -0.05) is 18.5 Å². The summed E-state index contributed by atoms with van der Waals surface area (Å²) in [7, 11) is 3.84. The van der Waals surface area contributed by atoms with Crippen molar-refractivity contribution in [3.05, 3.63) is 29.3 Å². The zero-order valence-corrected chi connectivity index (χ0v) is 11.2. The lowest BCUT2D eigenvalue weighted by Gasteiger charge is -2.21. The maximum atomic E-state index is 11.7. The van der Waals surface area contributed by atoms with Crippen molar-refractivity contribution in [1.82, 2.24) is 4.90 Å². The second kappa shape index (κ2) is 6.62. The van der Waals surface area contributed by atoms with Gasteiger partial charge in [0.05, 0.1) is 0 Å². The molecular formula is C13H18ClNO2. The van der Waals surface area contributed by atoms with E-state index in [0.717, 1.165) is 0 Å². The Morgan fingerprint density at radius 2 is 1.94 bits per heavy atom. The molecule has 17 heavy (non-hydrogen) atoms. The van der Waals surface area contributed by atoms with Gasteiger partial charge in [0.2, 0.25) is 0 Å². The summed E-state index contributed by atoms with van der Waals surface area (Å²) in [4.78, 5) is 13.7. The summed E-state index contributed by atoms with van der Waals surface area (Å²) < 4.78 is 5.68. The van der Waals surface area contributed by atoms with Crippen LogP contribution in [0.2, 0.25) is 5.02 Å². The fraction of sp³-hybridized carbons (Fsp3) is 0.462. The molecule has 0 bridgehead atoms. The second-order valence-corrected chi connectivity index (χ2v) is 4.58. The Bertz CT molecular complexity index is 362. The molecule has 0 N–H and O–H groups in total. The van der Waals surface area contributed by atoms with Gasteiger partial charge in [-0.05, 0) is 38.4 Å². The predicted octanol–water partition coefficient (Wildman–Crippen LogP) is 2.63. The van der Waals surface area contributed by atoms with Crippen molar-refractivity contribution in [2.24, 2.45) is 0 Å². The van der Waals surface area contributed by atoms with Gasteiger partial charge < -0.3 is 9.64 Å². The van der Waals surface area contributed by atoms with Crippen LogP contribution in [-0.2, 0) is 4.79 Å². The summed E-state index contributed by atoms with van der Waals surface area (Å²) in [5.41, 5.74) is 0. The van der Waals surface area contributed by atoms with Crippen LogP contribution in [0.15, 0.2) is 24.3 Å². The van der Waals surface area contributed by atoms with Gasteiger partial charge in [0.1, 0.15) is 5.75 Å². The number of carbonyl (C=O) groups is 1. The summed E-state index contributed by atoms with van der Waals surface area (Å²) in [6, 6.07) is 7.04. The molecule has 0 aliphatic carbocycles. The van der Waals surface area contributed by atoms with E-state index in [4.69, 9.17) is 16.3 Å². The van der Waals surface area contributed by atoms with Crippen molar-refractivity contribution in [2.45, 2.75) is 19.4 Å². The summed E-state index contributed by atoms with van der Waals surface area (Å²) in [6.07, 6.45) is 0.0581. The molecule has 0 radical (unpaired) electrons. The number of ether oxygens (including phenoxy) is 1. The molecule has 0 aliphatic heterocycles. The average molecular weight is 256 g/mol. The molecule has 0 saturated carbocycles. The maximum absolute atomic E-state index is 11.7. The molecule has 4 heteroatoms. The number of hydrogen-bond donors (Lipinski definition) is 0. The van der Waals surface area contributed by atoms with Gasteiger partial charge in [0.15, 0.2) is 11.9 Å². The fourth-order valence-corrected chi connectivity index (χ4v) is 1.57. The lowest BCUT2D eigenvalue weighted by atomic mass is 10.2. The molecule has 1 aromatic rings. The Labute approximate surface area is 107 Å². The maximum Gasteiger partial charge on any atom is 0.174 e. The van der Waals surface area contributed by atoms with Crippen LogP contribution in [0.1, 0.15) is 13.3 Å². The van der Waals surface area contributed by atoms with Gasteiger partial charge in [-0.2, -0.15) is 0 Å². The topological polar surface area (TPSA) is 29.5 Å². The van der Waals surface area contributed by atoms with E-state index in [1.165, 1.54) is 0 Å². The van der Waals surface area contributed by atoms with E-state index in [2.05, 4.69) is 0 Å². The Kier molecular flexibility index (Phi) is 5.45. The SMILES string of the molecule is CCC(=O)C(CN(C)C)Oc1ccc(Cl)cc1. The number of hydrogen-bond acceptors (Lipinski definition) is 3. The molecule has 0 fully saturated rings. The molecular weight excluding hydrogens is 238 g/mol. The van der Waals surface area contributed by atoms with Gasteiger partial charge in [0.25, 0.3) is 0 Å². The third-order valence-corrected chi connectivity index (χ3v) is 2.58. The quantitative estimate of drug-likeness (QED) is 0.783. The summed E-state index contributed by atoms with van der Waals surface area (Å²) >= 11 is 5.79. The third-order valence-electron chi connectivity index (χ3n) is 2.33. The molecule has 94 valence electrons. The molecule has 3 nitrogen and oxygen atoms in total. The molecule has 0 spiro atoms. The number of halogens is 1. The Morgan fingerprint density at radius 3 is 2.41 bits per heavy atom. The molecule has 1 rings (SSSR count). The number of benzene rings is 1. The van der Waals surface area contributed by atoms with E-state index in [-0.39, 0.29) is 5.78 Å². The number of likely N-dealkylation sites (N-methyl/N-ethyl adjacent to an activating group) is 1. The first kappa shape index (κ1) is 14.0. The van der Waals surface area contributed by atoms with Crippen LogP contribution < -0.4 is 4.74 Å². The minimum Gasteiger partial charge on any atom is -0.481 e. The number of nitrogens with zero attached hydrogens (tertiary/aromatic N) is 1. The highest BCUT2D eigenvalue weighted by Crippen LogP contribution is 2.17. The van der Waals surface area contributed by atoms with Gasteiger partial charge in [0, 0.05) is 18.0 Å². The molecule has 0 saturated heterocycles. The van der Waals surface area contributed by atoms with Crippen LogP contribution in [0.4, 0.5) is 0 Å². The number of Topliss-reactive ketones (excluding diaryl/α,β-unsaturated/α-hetero) is 1. The van der Waals surface area contributed by atoms with Gasteiger partial charge in [-0.15, -0.1) is 0 Å². The largest absolute Gasteiger partial charge is 0.481 e. The average Bonchev–Trinajstić information content (AvgIpc) is 2.29. The van der Waals surface area contributed by atoms with E-state index < -0.39 is 6.10 Å². The summed E-state index contributed by atoms with van der Waals surface area (Å²) in [5.74, 6) is 0.775. The lowest BCUT2D eigenvalue weighted by Crippen LogP contribution is -2.37. The lowest BCUT2D eigenvalue weighted by molar-refractivity contribution is -0.126. The number of rotatable bonds is 6. The number of carbonyl (C=O) groups excluding carboxylic acids is 1. The number of ketones is 1. The van der Waals surface area contributed by atoms with Crippen molar-refractivity contribution in [2.75, 3.05) is 20.6 Å². The van der Waals surface area contributed by atoms with E-state index in [9.17, 15) is 4.79 Å². The zero-order chi connectivity index (χ0) is 12.8. The molecule has 1 unspecified atom stereocenters. The smallest absolute Gasteiger partial charge is 0.174 e. The highest BCUT2D eigenvalue weighted by molar-refractivity contribution is 6.30. The van der Waals surface area contributed by atoms with Crippen LogP contribution in [0.3, 0.4) is 0 Å². The van der Waals surface area contributed by atoms with Crippen LogP contribution in [0, 0.1) is 0 Å². The Morgan fingerprint density at radius 1 is 1.35 bits per heavy atom. The Balaban J connectivity index is 2.71. The fourth-order valence-electron chi connectivity index (χ4n) is 1.44. The molecule has 1 aromatic carbocycles. The van der Waals surface area contributed by atoms with Crippen LogP contribution in [-0.4, -0.2) is 37.4 Å². The highest BCUT2D eigenvalue weighted by Gasteiger charge is 2.19. The molecule has 0 aromatic heterocycles. The second-order valence-electron chi connectivity index (χ2n) is 4.14. The van der Waals surface area contributed by atoms with Crippen LogP contribution in [0.5, 0.6) is 5.75 Å². The van der Waals surface area contributed by atoms with Crippen LogP contribution >= 0.6 is 11.6 Å². The molecule has 1 atom stereocenters. The van der Waals surface area contributed by atoms with Gasteiger partial charge in [-0.3, -0.25) is 4.79 Å². The minimum atomic E-state index is -0.420. The molecule has 0 heterocycles. The van der Waals surface area contributed by atoms with Crippen molar-refractivity contribution in [3.8, 4) is 5.75 Å². The zero-order valence-electron chi connectivity index (χ0n) is 10.4. The first-order chi connectivity index (χ1) is 8.02. The van der Waals surface area contributed by atoms with E-state index >= 15 is 0 Å². The van der Waals surface area contributed by atoms with Crippen molar-refractivity contribution >= 4 is 17.4 Å². The molecule has 0 aliphatic rings. The highest BCUT2D eigenvalue weighted by atomic mass is 35.5.